The van der Waals surface area contributed by atoms with Crippen LogP contribution in [0.4, 0.5) is 0 Å². The summed E-state index contributed by atoms with van der Waals surface area (Å²) in [6.45, 7) is 0.302. The number of ether oxygens (including phenoxy) is 1. The summed E-state index contributed by atoms with van der Waals surface area (Å²) < 4.78 is 4.70. The lowest BCUT2D eigenvalue weighted by Crippen LogP contribution is -2.43. The molecule has 0 aromatic rings. The van der Waals surface area contributed by atoms with Crippen molar-refractivity contribution in [2.75, 3.05) is 0 Å². The Kier molecular flexibility index (Phi) is 2.12. The van der Waals surface area contributed by atoms with Crippen LogP contribution in [0.2, 0.25) is 0 Å². The van der Waals surface area contributed by atoms with Crippen LogP contribution in [0.5, 0.6) is 0 Å². The van der Waals surface area contributed by atoms with Crippen LogP contribution < -0.4 is 5.73 Å². The average Bonchev–Trinajstić information content (AvgIpc) is 2.38. The van der Waals surface area contributed by atoms with Crippen LogP contribution in [0.15, 0.2) is 0 Å². The maximum absolute atomic E-state index is 10.9. The van der Waals surface area contributed by atoms with Crippen molar-refractivity contribution >= 4 is 12.4 Å². The van der Waals surface area contributed by atoms with Crippen LogP contribution in [-0.4, -0.2) is 18.0 Å². The van der Waals surface area contributed by atoms with Crippen molar-refractivity contribution in [3.05, 3.63) is 0 Å². The van der Waals surface area contributed by atoms with Crippen molar-refractivity contribution in [2.24, 2.45) is 5.73 Å². The zero-order chi connectivity index (χ0) is 8.32. The first-order valence-corrected chi connectivity index (χ1v) is 3.63. The fraction of sp³-hybridized carbons (Fsp3) is 0.714. The zero-order valence-corrected chi connectivity index (χ0v) is 6.21. The predicted octanol–water partition coefficient (Wildman–Crippen LogP) is -0.0425. The molecule has 0 aromatic carbocycles. The highest BCUT2D eigenvalue weighted by molar-refractivity contribution is 5.84. The molecule has 0 aliphatic heterocycles. The molecule has 2 N–H and O–H groups in total. The molecule has 0 spiro atoms. The molecule has 0 saturated heterocycles. The number of rotatable bonds is 3. The van der Waals surface area contributed by atoms with Gasteiger partial charge in [0, 0.05) is 0 Å². The molecule has 0 heterocycles. The van der Waals surface area contributed by atoms with E-state index in [9.17, 15) is 9.59 Å². The van der Waals surface area contributed by atoms with E-state index in [0.717, 1.165) is 12.8 Å². The van der Waals surface area contributed by atoms with E-state index in [-0.39, 0.29) is 0 Å². The topological polar surface area (TPSA) is 69.4 Å². The summed E-state index contributed by atoms with van der Waals surface area (Å²) in [7, 11) is 0. The lowest BCUT2D eigenvalue weighted by atomic mass is 10.0. The third-order valence-corrected chi connectivity index (χ3v) is 2.13. The fourth-order valence-corrected chi connectivity index (χ4v) is 1.46. The second-order valence-electron chi connectivity index (χ2n) is 2.78. The lowest BCUT2D eigenvalue weighted by molar-refractivity contribution is -0.155. The molecule has 4 heteroatoms. The van der Waals surface area contributed by atoms with Gasteiger partial charge in [0.05, 0.1) is 0 Å². The summed E-state index contributed by atoms with van der Waals surface area (Å²) >= 11 is 0. The zero-order valence-electron chi connectivity index (χ0n) is 6.21. The van der Waals surface area contributed by atoms with Crippen molar-refractivity contribution in [2.45, 2.75) is 31.3 Å². The first kappa shape index (κ1) is 8.04. The summed E-state index contributed by atoms with van der Waals surface area (Å²) in [6, 6.07) is 0. The molecule has 1 fully saturated rings. The van der Waals surface area contributed by atoms with Crippen LogP contribution in [0, 0.1) is 0 Å². The van der Waals surface area contributed by atoms with Gasteiger partial charge in [-0.05, 0) is 25.7 Å². The summed E-state index contributed by atoms with van der Waals surface area (Å²) in [5.74, 6) is -0.526. The molecule has 0 atom stereocenters. The molecule has 1 saturated carbocycles. The number of carbonyl (C=O) groups is 2. The normalized spacial score (nSPS) is 21.1. The quantitative estimate of drug-likeness (QED) is 0.584. The van der Waals surface area contributed by atoms with Crippen LogP contribution in [0.25, 0.3) is 0 Å². The smallest absolute Gasteiger partial charge is 0.294 e. The van der Waals surface area contributed by atoms with Crippen molar-refractivity contribution < 1.29 is 14.3 Å². The van der Waals surface area contributed by atoms with Crippen LogP contribution in [0.1, 0.15) is 25.7 Å². The van der Waals surface area contributed by atoms with E-state index in [1.54, 1.807) is 0 Å². The maximum Gasteiger partial charge on any atom is 0.294 e. The minimum Gasteiger partial charge on any atom is -0.451 e. The molecule has 0 radical (unpaired) electrons. The monoisotopic (exact) mass is 157 g/mol. The number of carbonyl (C=O) groups excluding carboxylic acids is 2. The summed E-state index contributed by atoms with van der Waals surface area (Å²) in [5, 5.41) is 0. The second kappa shape index (κ2) is 2.90. The largest absolute Gasteiger partial charge is 0.451 e. The summed E-state index contributed by atoms with van der Waals surface area (Å²) in [5.41, 5.74) is 4.11. The molecule has 0 bridgehead atoms. The maximum atomic E-state index is 10.9. The minimum absolute atomic E-state index is 0.302. The van der Waals surface area contributed by atoms with Gasteiger partial charge in [0.1, 0.15) is 0 Å². The molecule has 1 amide bonds. The molecular weight excluding hydrogens is 146 g/mol. The van der Waals surface area contributed by atoms with Gasteiger partial charge in [0.25, 0.3) is 12.4 Å². The lowest BCUT2D eigenvalue weighted by Gasteiger charge is -2.22. The Morgan fingerprint density at radius 3 is 2.36 bits per heavy atom. The van der Waals surface area contributed by atoms with E-state index < -0.39 is 11.5 Å². The second-order valence-corrected chi connectivity index (χ2v) is 2.78. The molecule has 62 valence electrons. The first-order chi connectivity index (χ1) is 5.21. The Bertz CT molecular complexity index is 173. The highest BCUT2D eigenvalue weighted by atomic mass is 16.5. The van der Waals surface area contributed by atoms with Crippen LogP contribution in [-0.2, 0) is 14.3 Å². The number of nitrogens with two attached hydrogens (primary N) is 1. The minimum atomic E-state index is -0.984. The molecule has 4 nitrogen and oxygen atoms in total. The van der Waals surface area contributed by atoms with E-state index in [1.807, 2.05) is 0 Å². The molecule has 11 heavy (non-hydrogen) atoms. The van der Waals surface area contributed by atoms with Crippen molar-refractivity contribution in [3.63, 3.8) is 0 Å². The van der Waals surface area contributed by atoms with E-state index in [1.165, 1.54) is 0 Å². The average molecular weight is 157 g/mol. The number of hydrogen-bond donors (Lipinski definition) is 1. The molecule has 0 aromatic heterocycles. The SMILES string of the molecule is NC(=O)C1(OC=O)CCCC1. The Balaban J connectivity index is 2.69. The van der Waals surface area contributed by atoms with E-state index in [0.29, 0.717) is 19.3 Å². The van der Waals surface area contributed by atoms with Crippen molar-refractivity contribution in [1.82, 2.24) is 0 Å². The van der Waals surface area contributed by atoms with Crippen LogP contribution >= 0.6 is 0 Å². The van der Waals surface area contributed by atoms with E-state index >= 15 is 0 Å². The van der Waals surface area contributed by atoms with Gasteiger partial charge in [-0.15, -0.1) is 0 Å². The predicted molar refractivity (Wildman–Crippen MR) is 37.5 cm³/mol. The van der Waals surface area contributed by atoms with Gasteiger partial charge >= 0.3 is 0 Å². The van der Waals surface area contributed by atoms with E-state index in [2.05, 4.69) is 0 Å². The van der Waals surface area contributed by atoms with Gasteiger partial charge < -0.3 is 10.5 Å². The van der Waals surface area contributed by atoms with Crippen molar-refractivity contribution in [1.29, 1.82) is 0 Å². The molecule has 1 aliphatic carbocycles. The number of hydrogen-bond acceptors (Lipinski definition) is 3. The molecule has 1 rings (SSSR count). The highest BCUT2D eigenvalue weighted by Crippen LogP contribution is 2.32. The Hall–Kier alpha value is -1.06. The van der Waals surface area contributed by atoms with Gasteiger partial charge in [0.2, 0.25) is 0 Å². The highest BCUT2D eigenvalue weighted by Gasteiger charge is 2.41. The summed E-state index contributed by atoms with van der Waals surface area (Å²) in [6.07, 6.45) is 2.94. The Morgan fingerprint density at radius 1 is 1.45 bits per heavy atom. The molecule has 1 aliphatic rings. The summed E-state index contributed by atoms with van der Waals surface area (Å²) in [4.78, 5) is 20.9. The molecular formula is C7H11NO3. The Morgan fingerprint density at radius 2 is 2.00 bits per heavy atom. The van der Waals surface area contributed by atoms with Crippen LogP contribution in [0.3, 0.4) is 0 Å². The first-order valence-electron chi connectivity index (χ1n) is 3.63. The van der Waals surface area contributed by atoms with Crippen molar-refractivity contribution in [3.8, 4) is 0 Å². The standard InChI is InChI=1S/C7H11NO3/c8-6(10)7(11-5-9)3-1-2-4-7/h5H,1-4H2,(H2,8,10). The van der Waals surface area contributed by atoms with Gasteiger partial charge in [-0.25, -0.2) is 0 Å². The van der Waals surface area contributed by atoms with Gasteiger partial charge in [-0.1, -0.05) is 0 Å². The number of amides is 1. The molecule has 0 unspecified atom stereocenters. The van der Waals surface area contributed by atoms with Gasteiger partial charge in [0.15, 0.2) is 5.60 Å². The Labute approximate surface area is 64.7 Å². The third kappa shape index (κ3) is 1.34. The number of primary amides is 1. The fourth-order valence-electron chi connectivity index (χ4n) is 1.46. The van der Waals surface area contributed by atoms with E-state index in [4.69, 9.17) is 10.5 Å². The van der Waals surface area contributed by atoms with Gasteiger partial charge in [-0.2, -0.15) is 0 Å². The third-order valence-electron chi connectivity index (χ3n) is 2.13. The van der Waals surface area contributed by atoms with Gasteiger partial charge in [-0.3, -0.25) is 9.59 Å².